The molecule has 106 valence electrons. The van der Waals surface area contributed by atoms with E-state index in [9.17, 15) is 4.79 Å². The lowest BCUT2D eigenvalue weighted by atomic mass is 10.1. The van der Waals surface area contributed by atoms with Gasteiger partial charge in [0.1, 0.15) is 5.01 Å². The first-order valence-corrected chi connectivity index (χ1v) is 8.51. The maximum atomic E-state index is 12.0. The van der Waals surface area contributed by atoms with Gasteiger partial charge in [0.2, 0.25) is 0 Å². The van der Waals surface area contributed by atoms with Crippen LogP contribution in [0.3, 0.4) is 0 Å². The molecule has 0 saturated heterocycles. The lowest BCUT2D eigenvalue weighted by molar-refractivity contribution is 0.0950. The molecular formula is C14H17N3OS2. The average Bonchev–Trinajstić information content (AvgIpc) is 2.87. The Labute approximate surface area is 127 Å². The van der Waals surface area contributed by atoms with Gasteiger partial charge in [-0.15, -0.1) is 11.3 Å². The predicted molar refractivity (Wildman–Crippen MR) is 84.2 cm³/mol. The number of thiazole rings is 1. The summed E-state index contributed by atoms with van der Waals surface area (Å²) in [6.45, 7) is 4.34. The molecule has 0 aliphatic heterocycles. The molecule has 1 amide bonds. The van der Waals surface area contributed by atoms with E-state index in [-0.39, 0.29) is 5.91 Å². The number of carbonyl (C=O) groups excluding carboxylic acids is 1. The molecule has 0 saturated carbocycles. The van der Waals surface area contributed by atoms with Crippen molar-refractivity contribution < 1.29 is 4.79 Å². The molecule has 2 aromatic rings. The van der Waals surface area contributed by atoms with Crippen LogP contribution < -0.4 is 5.32 Å². The molecule has 4 nitrogen and oxygen atoms in total. The fraction of sp³-hybridized carbons (Fsp3) is 0.357. The molecule has 0 unspecified atom stereocenters. The van der Waals surface area contributed by atoms with Crippen LogP contribution in [-0.2, 0) is 12.3 Å². The maximum absolute atomic E-state index is 12.0. The van der Waals surface area contributed by atoms with Crippen LogP contribution in [0.15, 0.2) is 17.6 Å². The molecule has 0 aromatic carbocycles. The summed E-state index contributed by atoms with van der Waals surface area (Å²) >= 11 is 3.37. The average molecular weight is 307 g/mol. The Morgan fingerprint density at radius 3 is 2.95 bits per heavy atom. The summed E-state index contributed by atoms with van der Waals surface area (Å²) in [5, 5.41) is 5.96. The Bertz CT molecular complexity index is 610. The zero-order chi connectivity index (χ0) is 14.5. The highest BCUT2D eigenvalue weighted by Crippen LogP contribution is 2.15. The van der Waals surface area contributed by atoms with E-state index in [1.54, 1.807) is 29.3 Å². The van der Waals surface area contributed by atoms with Gasteiger partial charge in [0.05, 0.1) is 17.8 Å². The summed E-state index contributed by atoms with van der Waals surface area (Å²) in [7, 11) is 0. The monoisotopic (exact) mass is 307 g/mol. The van der Waals surface area contributed by atoms with Crippen LogP contribution >= 0.6 is 23.1 Å². The van der Waals surface area contributed by atoms with Gasteiger partial charge >= 0.3 is 0 Å². The fourth-order valence-corrected chi connectivity index (χ4v) is 3.18. The second-order valence-electron chi connectivity index (χ2n) is 4.47. The highest BCUT2D eigenvalue weighted by Gasteiger charge is 2.08. The van der Waals surface area contributed by atoms with Crippen molar-refractivity contribution in [3.63, 3.8) is 0 Å². The summed E-state index contributed by atoms with van der Waals surface area (Å²) in [5.41, 5.74) is 3.47. The van der Waals surface area contributed by atoms with E-state index in [0.717, 1.165) is 27.7 Å². The normalized spacial score (nSPS) is 10.6. The van der Waals surface area contributed by atoms with Crippen molar-refractivity contribution in [3.8, 4) is 0 Å². The minimum Gasteiger partial charge on any atom is -0.346 e. The van der Waals surface area contributed by atoms with E-state index < -0.39 is 0 Å². The molecule has 0 spiro atoms. The number of thioether (sulfide) groups is 1. The summed E-state index contributed by atoms with van der Waals surface area (Å²) in [5.74, 6) is 0.805. The van der Waals surface area contributed by atoms with Gasteiger partial charge in [-0.1, -0.05) is 0 Å². The van der Waals surface area contributed by atoms with Gasteiger partial charge in [-0.05, 0) is 31.7 Å². The number of nitrogens with one attached hydrogen (secondary N) is 1. The molecule has 0 aliphatic carbocycles. The van der Waals surface area contributed by atoms with Crippen molar-refractivity contribution in [2.24, 2.45) is 0 Å². The van der Waals surface area contributed by atoms with Gasteiger partial charge in [-0.2, -0.15) is 11.8 Å². The summed E-state index contributed by atoms with van der Waals surface area (Å²) in [6.07, 6.45) is 3.66. The lowest BCUT2D eigenvalue weighted by Gasteiger charge is -2.05. The van der Waals surface area contributed by atoms with E-state index in [0.29, 0.717) is 12.1 Å². The number of nitrogens with zero attached hydrogens (tertiary/aromatic N) is 2. The summed E-state index contributed by atoms with van der Waals surface area (Å²) in [4.78, 5) is 20.7. The van der Waals surface area contributed by atoms with Crippen LogP contribution in [0, 0.1) is 13.8 Å². The van der Waals surface area contributed by atoms with Gasteiger partial charge in [-0.25, -0.2) is 4.98 Å². The van der Waals surface area contributed by atoms with E-state index in [1.165, 1.54) is 0 Å². The molecule has 0 bridgehead atoms. The molecule has 0 aliphatic rings. The number of aromatic nitrogens is 2. The first-order chi connectivity index (χ1) is 9.60. The minimum atomic E-state index is -0.111. The van der Waals surface area contributed by atoms with Crippen LogP contribution in [0.4, 0.5) is 0 Å². The zero-order valence-electron chi connectivity index (χ0n) is 11.8. The third kappa shape index (κ3) is 3.80. The van der Waals surface area contributed by atoms with Crippen molar-refractivity contribution in [1.29, 1.82) is 0 Å². The van der Waals surface area contributed by atoms with Crippen molar-refractivity contribution in [2.45, 2.75) is 26.1 Å². The van der Waals surface area contributed by atoms with E-state index in [2.05, 4.69) is 21.5 Å². The number of pyridine rings is 1. The minimum absolute atomic E-state index is 0.111. The van der Waals surface area contributed by atoms with Crippen molar-refractivity contribution >= 4 is 29.0 Å². The SMILES string of the molecule is CSCc1nc(CNC(=O)c2cnc(C)c(C)c2)cs1. The second-order valence-corrected chi connectivity index (χ2v) is 6.28. The Hall–Kier alpha value is -1.40. The van der Waals surface area contributed by atoms with Crippen LogP contribution in [0.5, 0.6) is 0 Å². The van der Waals surface area contributed by atoms with Crippen molar-refractivity contribution in [1.82, 2.24) is 15.3 Å². The number of rotatable bonds is 5. The summed E-state index contributed by atoms with van der Waals surface area (Å²) in [6, 6.07) is 1.86. The van der Waals surface area contributed by atoms with E-state index in [4.69, 9.17) is 0 Å². The Kier molecular flexibility index (Phi) is 5.14. The van der Waals surface area contributed by atoms with Gasteiger partial charge in [0.25, 0.3) is 5.91 Å². The van der Waals surface area contributed by atoms with Crippen LogP contribution in [0.25, 0.3) is 0 Å². The number of carbonyl (C=O) groups is 1. The molecule has 0 radical (unpaired) electrons. The second kappa shape index (κ2) is 6.85. The quantitative estimate of drug-likeness (QED) is 0.923. The smallest absolute Gasteiger partial charge is 0.253 e. The fourth-order valence-electron chi connectivity index (χ4n) is 1.66. The number of hydrogen-bond acceptors (Lipinski definition) is 5. The van der Waals surface area contributed by atoms with Crippen LogP contribution in [0.2, 0.25) is 0 Å². The highest BCUT2D eigenvalue weighted by atomic mass is 32.2. The van der Waals surface area contributed by atoms with Gasteiger partial charge in [0.15, 0.2) is 0 Å². The Morgan fingerprint density at radius 2 is 2.25 bits per heavy atom. The maximum Gasteiger partial charge on any atom is 0.253 e. The lowest BCUT2D eigenvalue weighted by Crippen LogP contribution is -2.23. The van der Waals surface area contributed by atoms with Gasteiger partial charge in [-0.3, -0.25) is 9.78 Å². The predicted octanol–water partition coefficient (Wildman–Crippen LogP) is 2.95. The van der Waals surface area contributed by atoms with Gasteiger partial charge in [0, 0.05) is 23.0 Å². The van der Waals surface area contributed by atoms with Crippen LogP contribution in [-0.4, -0.2) is 22.1 Å². The standard InChI is InChI=1S/C14H17N3OS2/c1-9-4-11(5-15-10(9)2)14(18)16-6-12-7-20-13(17-12)8-19-3/h4-5,7H,6,8H2,1-3H3,(H,16,18). The molecule has 2 rings (SSSR count). The van der Waals surface area contributed by atoms with Gasteiger partial charge < -0.3 is 5.32 Å². The Balaban J connectivity index is 1.95. The van der Waals surface area contributed by atoms with Crippen molar-refractivity contribution in [3.05, 3.63) is 45.2 Å². The molecule has 1 N–H and O–H groups in total. The number of hydrogen-bond donors (Lipinski definition) is 1. The summed E-state index contributed by atoms with van der Waals surface area (Å²) < 4.78 is 0. The molecule has 0 fully saturated rings. The zero-order valence-corrected chi connectivity index (χ0v) is 13.4. The largest absolute Gasteiger partial charge is 0.346 e. The topological polar surface area (TPSA) is 54.9 Å². The molecule has 0 atom stereocenters. The molecule has 2 heterocycles. The van der Waals surface area contributed by atoms with E-state index >= 15 is 0 Å². The molecular weight excluding hydrogens is 290 g/mol. The first-order valence-electron chi connectivity index (χ1n) is 6.24. The first kappa shape index (κ1) is 15.0. The van der Waals surface area contributed by atoms with E-state index in [1.807, 2.05) is 25.3 Å². The number of aryl methyl sites for hydroxylation is 2. The molecule has 6 heteroatoms. The molecule has 20 heavy (non-hydrogen) atoms. The Morgan fingerprint density at radius 1 is 1.45 bits per heavy atom. The highest BCUT2D eigenvalue weighted by molar-refractivity contribution is 7.97. The van der Waals surface area contributed by atoms with Crippen molar-refractivity contribution in [2.75, 3.05) is 6.26 Å². The third-order valence-electron chi connectivity index (χ3n) is 2.90. The molecule has 2 aromatic heterocycles. The van der Waals surface area contributed by atoms with Crippen LogP contribution in [0.1, 0.15) is 32.3 Å². The third-order valence-corrected chi connectivity index (χ3v) is 4.54. The number of amides is 1.